The molecule has 0 saturated heterocycles. The fourth-order valence-electron chi connectivity index (χ4n) is 4.35. The molecule has 1 aliphatic heterocycles. The molecule has 31 heavy (non-hydrogen) atoms. The van der Waals surface area contributed by atoms with Gasteiger partial charge in [0.25, 0.3) is 5.91 Å². The molecule has 3 amide bonds. The minimum absolute atomic E-state index is 0.0411. The lowest BCUT2D eigenvalue weighted by Crippen LogP contribution is -2.47. The number of carbonyl (C=O) groups is 3. The van der Waals surface area contributed by atoms with Gasteiger partial charge in [-0.3, -0.25) is 14.4 Å². The second-order valence-electron chi connectivity index (χ2n) is 9.32. The van der Waals surface area contributed by atoms with Gasteiger partial charge >= 0.3 is 0 Å². The predicted octanol–water partition coefficient (Wildman–Crippen LogP) is 3.62. The summed E-state index contributed by atoms with van der Waals surface area (Å²) in [6.45, 7) is 10.3. The van der Waals surface area contributed by atoms with E-state index in [1.807, 2.05) is 69.9 Å². The maximum absolute atomic E-state index is 13.5. The van der Waals surface area contributed by atoms with E-state index in [2.05, 4.69) is 5.32 Å². The van der Waals surface area contributed by atoms with Crippen molar-refractivity contribution >= 4 is 17.7 Å². The van der Waals surface area contributed by atoms with Crippen molar-refractivity contribution in [2.45, 2.75) is 85.0 Å². The van der Waals surface area contributed by atoms with E-state index in [0.717, 1.165) is 18.4 Å². The number of nitrogens with zero attached hydrogens (tertiary/aromatic N) is 2. The second kappa shape index (κ2) is 9.67. The van der Waals surface area contributed by atoms with Gasteiger partial charge in [-0.15, -0.1) is 0 Å². The van der Waals surface area contributed by atoms with Crippen molar-refractivity contribution in [3.8, 4) is 0 Å². The monoisotopic (exact) mass is 425 g/mol. The quantitative estimate of drug-likeness (QED) is 0.692. The smallest absolute Gasteiger partial charge is 0.252 e. The van der Waals surface area contributed by atoms with E-state index >= 15 is 0 Å². The third-order valence-corrected chi connectivity index (χ3v) is 6.07. The molecule has 1 aliphatic carbocycles. The summed E-state index contributed by atoms with van der Waals surface area (Å²) < 4.78 is 0. The minimum Gasteiger partial charge on any atom is -0.353 e. The molecule has 1 heterocycles. The number of allylic oxidation sites excluding steroid dienone is 1. The van der Waals surface area contributed by atoms with E-state index in [1.165, 1.54) is 0 Å². The summed E-state index contributed by atoms with van der Waals surface area (Å²) in [6.07, 6.45) is 2.44. The van der Waals surface area contributed by atoms with Crippen LogP contribution in [0.15, 0.2) is 41.6 Å². The molecule has 0 radical (unpaired) electrons. The molecule has 1 aromatic carbocycles. The van der Waals surface area contributed by atoms with Gasteiger partial charge in [-0.2, -0.15) is 0 Å². The lowest BCUT2D eigenvalue weighted by Gasteiger charge is -2.38. The SMILES string of the molecule is CC1=C(C(=O)N(C(C)C)C(C)C)CC(CC(=O)NC2CC2)C(=O)N1Cc1ccccc1. The Labute approximate surface area is 185 Å². The topological polar surface area (TPSA) is 69.7 Å². The number of hydrogen-bond acceptors (Lipinski definition) is 3. The highest BCUT2D eigenvalue weighted by molar-refractivity contribution is 5.99. The zero-order chi connectivity index (χ0) is 22.7. The second-order valence-corrected chi connectivity index (χ2v) is 9.32. The van der Waals surface area contributed by atoms with Gasteiger partial charge in [-0.25, -0.2) is 0 Å². The zero-order valence-electron chi connectivity index (χ0n) is 19.4. The summed E-state index contributed by atoms with van der Waals surface area (Å²) in [5.41, 5.74) is 2.33. The summed E-state index contributed by atoms with van der Waals surface area (Å²) in [5.74, 6) is -0.743. The van der Waals surface area contributed by atoms with E-state index in [1.54, 1.807) is 4.90 Å². The molecule has 1 N–H and O–H groups in total. The highest BCUT2D eigenvalue weighted by Gasteiger charge is 2.39. The van der Waals surface area contributed by atoms with Gasteiger partial charge in [-0.1, -0.05) is 30.3 Å². The zero-order valence-corrected chi connectivity index (χ0v) is 19.4. The van der Waals surface area contributed by atoms with Gasteiger partial charge in [0.2, 0.25) is 11.8 Å². The molecule has 1 aromatic rings. The van der Waals surface area contributed by atoms with E-state index in [0.29, 0.717) is 24.2 Å². The van der Waals surface area contributed by atoms with Gasteiger partial charge < -0.3 is 15.1 Å². The molecule has 2 aliphatic rings. The Balaban J connectivity index is 1.91. The van der Waals surface area contributed by atoms with Crippen LogP contribution in [-0.2, 0) is 20.9 Å². The van der Waals surface area contributed by atoms with Gasteiger partial charge in [0, 0.05) is 35.8 Å². The van der Waals surface area contributed by atoms with Gasteiger partial charge in [0.1, 0.15) is 0 Å². The Hall–Kier alpha value is -2.63. The van der Waals surface area contributed by atoms with E-state index in [9.17, 15) is 14.4 Å². The van der Waals surface area contributed by atoms with Crippen LogP contribution in [0.4, 0.5) is 0 Å². The van der Waals surface area contributed by atoms with Crippen LogP contribution in [0.2, 0.25) is 0 Å². The third-order valence-electron chi connectivity index (χ3n) is 6.07. The number of nitrogens with one attached hydrogen (secondary N) is 1. The summed E-state index contributed by atoms with van der Waals surface area (Å²) in [4.78, 5) is 43.0. The molecule has 0 spiro atoms. The molecule has 0 bridgehead atoms. The summed E-state index contributed by atoms with van der Waals surface area (Å²) in [5, 5.41) is 2.98. The summed E-state index contributed by atoms with van der Waals surface area (Å²) >= 11 is 0. The van der Waals surface area contributed by atoms with Gasteiger partial charge in [-0.05, 0) is 59.4 Å². The van der Waals surface area contributed by atoms with Crippen molar-refractivity contribution in [3.63, 3.8) is 0 Å². The van der Waals surface area contributed by atoms with Crippen molar-refractivity contribution in [2.75, 3.05) is 0 Å². The first-order chi connectivity index (χ1) is 14.7. The van der Waals surface area contributed by atoms with Crippen molar-refractivity contribution in [2.24, 2.45) is 5.92 Å². The number of rotatable bonds is 8. The largest absolute Gasteiger partial charge is 0.353 e. The molecule has 168 valence electrons. The van der Waals surface area contributed by atoms with Crippen LogP contribution in [0.3, 0.4) is 0 Å². The van der Waals surface area contributed by atoms with Crippen molar-refractivity contribution in [1.82, 2.24) is 15.1 Å². The average Bonchev–Trinajstić information content (AvgIpc) is 3.51. The molecule has 1 fully saturated rings. The Morgan fingerprint density at radius 1 is 1.10 bits per heavy atom. The molecular formula is C25H35N3O3. The first-order valence-corrected chi connectivity index (χ1v) is 11.4. The van der Waals surface area contributed by atoms with Crippen LogP contribution in [0.5, 0.6) is 0 Å². The summed E-state index contributed by atoms with van der Waals surface area (Å²) in [7, 11) is 0. The van der Waals surface area contributed by atoms with Gasteiger partial charge in [0.05, 0.1) is 12.5 Å². The molecule has 3 rings (SSSR count). The number of amides is 3. The lowest BCUT2D eigenvalue weighted by atomic mass is 9.87. The van der Waals surface area contributed by atoms with Crippen molar-refractivity contribution in [3.05, 3.63) is 47.2 Å². The normalized spacial score (nSPS) is 19.3. The Bertz CT molecular complexity index is 848. The van der Waals surface area contributed by atoms with E-state index in [-0.39, 0.29) is 42.3 Å². The van der Waals surface area contributed by atoms with Crippen molar-refractivity contribution < 1.29 is 14.4 Å². The summed E-state index contributed by atoms with van der Waals surface area (Å²) in [6, 6.07) is 10.1. The van der Waals surface area contributed by atoms with Crippen LogP contribution in [0, 0.1) is 5.92 Å². The van der Waals surface area contributed by atoms with Crippen LogP contribution in [0.25, 0.3) is 0 Å². The van der Waals surface area contributed by atoms with Crippen molar-refractivity contribution in [1.29, 1.82) is 0 Å². The highest BCUT2D eigenvalue weighted by atomic mass is 16.2. The first kappa shape index (κ1) is 23.0. The Kier molecular flexibility index (Phi) is 7.19. The maximum atomic E-state index is 13.5. The molecule has 0 aromatic heterocycles. The maximum Gasteiger partial charge on any atom is 0.252 e. The Morgan fingerprint density at radius 2 is 1.71 bits per heavy atom. The standard InChI is InChI=1S/C25H35N3O3/c1-16(2)28(17(3)4)25(31)22-13-20(14-23(29)26-21-11-12-21)24(30)27(18(22)5)15-19-9-7-6-8-10-19/h6-10,16-17,20-21H,11-15H2,1-5H3,(H,26,29). The van der Waals surface area contributed by atoms with E-state index < -0.39 is 5.92 Å². The highest BCUT2D eigenvalue weighted by Crippen LogP contribution is 2.33. The fourth-order valence-corrected chi connectivity index (χ4v) is 4.35. The van der Waals surface area contributed by atoms with Crippen LogP contribution in [-0.4, -0.2) is 45.6 Å². The molecule has 6 heteroatoms. The number of carbonyl (C=O) groups excluding carboxylic acids is 3. The minimum atomic E-state index is -0.522. The number of hydrogen-bond donors (Lipinski definition) is 1. The predicted molar refractivity (Wildman–Crippen MR) is 121 cm³/mol. The molecule has 1 saturated carbocycles. The fraction of sp³-hybridized carbons (Fsp3) is 0.560. The third kappa shape index (κ3) is 5.54. The Morgan fingerprint density at radius 3 is 2.26 bits per heavy atom. The lowest BCUT2D eigenvalue weighted by molar-refractivity contribution is -0.139. The van der Waals surface area contributed by atoms with Crippen LogP contribution in [0.1, 0.15) is 65.9 Å². The van der Waals surface area contributed by atoms with Crippen LogP contribution >= 0.6 is 0 Å². The molecule has 6 nitrogen and oxygen atoms in total. The van der Waals surface area contributed by atoms with Gasteiger partial charge in [0.15, 0.2) is 0 Å². The molecule has 1 atom stereocenters. The molecular weight excluding hydrogens is 390 g/mol. The van der Waals surface area contributed by atoms with Crippen LogP contribution < -0.4 is 5.32 Å². The van der Waals surface area contributed by atoms with E-state index in [4.69, 9.17) is 0 Å². The average molecular weight is 426 g/mol. The first-order valence-electron chi connectivity index (χ1n) is 11.4. The molecule has 1 unspecified atom stereocenters. The number of benzene rings is 1.